The zero-order valence-corrected chi connectivity index (χ0v) is 13.8. The van der Waals surface area contributed by atoms with Gasteiger partial charge in [0.2, 0.25) is 0 Å². The fourth-order valence-electron chi connectivity index (χ4n) is 2.29. The van der Waals surface area contributed by atoms with Gasteiger partial charge in [0.25, 0.3) is 5.91 Å². The second-order valence-electron chi connectivity index (χ2n) is 5.71. The Kier molecular flexibility index (Phi) is 5.95. The van der Waals surface area contributed by atoms with E-state index in [0.29, 0.717) is 5.75 Å². The first-order valence-electron chi connectivity index (χ1n) is 7.72. The van der Waals surface area contributed by atoms with Crippen molar-refractivity contribution in [3.8, 4) is 5.75 Å². The highest BCUT2D eigenvalue weighted by Gasteiger charge is 2.20. The summed E-state index contributed by atoms with van der Waals surface area (Å²) in [6.07, 6.45) is 0.228. The van der Waals surface area contributed by atoms with Crippen LogP contribution in [0.2, 0.25) is 0 Å². The Morgan fingerprint density at radius 3 is 2.50 bits per heavy atom. The topological polar surface area (TPSA) is 75.6 Å². The summed E-state index contributed by atoms with van der Waals surface area (Å²) in [6.45, 7) is 3.61. The molecule has 1 atom stereocenters. The van der Waals surface area contributed by atoms with Gasteiger partial charge in [0.15, 0.2) is 6.61 Å². The third-order valence-corrected chi connectivity index (χ3v) is 3.62. The Labute approximate surface area is 141 Å². The molecule has 0 saturated carbocycles. The first-order valence-corrected chi connectivity index (χ1v) is 7.72. The molecule has 1 amide bonds. The molecular weight excluding hydrogens is 306 g/mol. The summed E-state index contributed by atoms with van der Waals surface area (Å²) in [6, 6.07) is 13.9. The van der Waals surface area contributed by atoms with Crippen molar-refractivity contribution in [2.75, 3.05) is 6.61 Å². The van der Waals surface area contributed by atoms with E-state index in [1.54, 1.807) is 0 Å². The molecule has 0 radical (unpaired) electrons. The van der Waals surface area contributed by atoms with Crippen molar-refractivity contribution in [3.63, 3.8) is 0 Å². The van der Waals surface area contributed by atoms with Crippen LogP contribution in [0.3, 0.4) is 0 Å². The molecule has 0 spiro atoms. The number of carboxylic acids is 1. The second kappa shape index (κ2) is 8.15. The van der Waals surface area contributed by atoms with E-state index in [4.69, 9.17) is 4.74 Å². The molecular formula is C19H21NO4. The average Bonchev–Trinajstić information content (AvgIpc) is 2.56. The van der Waals surface area contributed by atoms with Crippen LogP contribution < -0.4 is 10.1 Å². The van der Waals surface area contributed by atoms with Crippen LogP contribution in [-0.2, 0) is 16.0 Å². The van der Waals surface area contributed by atoms with Gasteiger partial charge in [-0.15, -0.1) is 0 Å². The predicted octanol–water partition coefficient (Wildman–Crippen LogP) is 2.49. The van der Waals surface area contributed by atoms with Crippen LogP contribution in [0.5, 0.6) is 5.75 Å². The van der Waals surface area contributed by atoms with Gasteiger partial charge in [-0.2, -0.15) is 0 Å². The number of hydrogen-bond donors (Lipinski definition) is 2. The molecule has 2 N–H and O–H groups in total. The fourth-order valence-corrected chi connectivity index (χ4v) is 2.29. The molecule has 0 saturated heterocycles. The van der Waals surface area contributed by atoms with Crippen LogP contribution in [0.4, 0.5) is 0 Å². The molecule has 0 fully saturated rings. The normalized spacial score (nSPS) is 11.6. The predicted molar refractivity (Wildman–Crippen MR) is 91.1 cm³/mol. The number of hydrogen-bond acceptors (Lipinski definition) is 3. The number of benzene rings is 2. The molecule has 2 aromatic rings. The smallest absolute Gasteiger partial charge is 0.326 e. The lowest BCUT2D eigenvalue weighted by Crippen LogP contribution is -2.44. The zero-order chi connectivity index (χ0) is 17.5. The Morgan fingerprint density at radius 2 is 1.83 bits per heavy atom. The number of aliphatic carboxylic acids is 1. The molecule has 24 heavy (non-hydrogen) atoms. The first-order chi connectivity index (χ1) is 11.5. The Bertz CT molecular complexity index is 713. The van der Waals surface area contributed by atoms with E-state index >= 15 is 0 Å². The van der Waals surface area contributed by atoms with Gasteiger partial charge in [-0.1, -0.05) is 42.5 Å². The highest BCUT2D eigenvalue weighted by atomic mass is 16.5. The molecule has 0 bridgehead atoms. The minimum absolute atomic E-state index is 0.219. The van der Waals surface area contributed by atoms with Crippen molar-refractivity contribution in [3.05, 3.63) is 65.2 Å². The van der Waals surface area contributed by atoms with E-state index in [1.165, 1.54) is 0 Å². The molecule has 0 aliphatic carbocycles. The number of amides is 1. The maximum atomic E-state index is 12.0. The summed E-state index contributed by atoms with van der Waals surface area (Å²) in [5.41, 5.74) is 2.80. The highest BCUT2D eigenvalue weighted by Crippen LogP contribution is 2.18. The summed E-state index contributed by atoms with van der Waals surface area (Å²) < 4.78 is 5.51. The minimum Gasteiger partial charge on any atom is -0.483 e. The monoisotopic (exact) mass is 327 g/mol. The highest BCUT2D eigenvalue weighted by molar-refractivity contribution is 5.84. The molecule has 5 heteroatoms. The summed E-state index contributed by atoms with van der Waals surface area (Å²) in [5.74, 6) is -0.904. The Balaban J connectivity index is 1.93. The van der Waals surface area contributed by atoms with Crippen LogP contribution in [0, 0.1) is 13.8 Å². The van der Waals surface area contributed by atoms with Crippen molar-refractivity contribution < 1.29 is 19.4 Å². The molecule has 2 rings (SSSR count). The number of nitrogens with one attached hydrogen (secondary N) is 1. The molecule has 0 aliphatic rings. The summed E-state index contributed by atoms with van der Waals surface area (Å²) in [7, 11) is 0. The number of carbonyl (C=O) groups excluding carboxylic acids is 1. The number of rotatable bonds is 7. The third kappa shape index (κ3) is 5.12. The molecule has 1 unspecified atom stereocenters. The van der Waals surface area contributed by atoms with Crippen LogP contribution in [-0.4, -0.2) is 29.6 Å². The molecule has 0 heterocycles. The lowest BCUT2D eigenvalue weighted by molar-refractivity contribution is -0.142. The molecule has 2 aromatic carbocycles. The Hall–Kier alpha value is -2.82. The van der Waals surface area contributed by atoms with Gasteiger partial charge in [-0.3, -0.25) is 4.79 Å². The van der Waals surface area contributed by atoms with Crippen LogP contribution in [0.25, 0.3) is 0 Å². The molecule has 5 nitrogen and oxygen atoms in total. The van der Waals surface area contributed by atoms with Crippen LogP contribution >= 0.6 is 0 Å². The van der Waals surface area contributed by atoms with Crippen LogP contribution in [0.1, 0.15) is 16.7 Å². The van der Waals surface area contributed by atoms with Crippen molar-refractivity contribution in [1.82, 2.24) is 5.32 Å². The second-order valence-corrected chi connectivity index (χ2v) is 5.71. The molecule has 126 valence electrons. The minimum atomic E-state index is -1.07. The number of ether oxygens (including phenoxy) is 1. The molecule has 0 aliphatic heterocycles. The SMILES string of the molecule is Cc1ccc(C)c(OCC(=O)NC(Cc2ccccc2)C(=O)O)c1. The van der Waals surface area contributed by atoms with Gasteiger partial charge in [0.05, 0.1) is 0 Å². The van der Waals surface area contributed by atoms with Crippen molar-refractivity contribution in [1.29, 1.82) is 0 Å². The number of carbonyl (C=O) groups is 2. The van der Waals surface area contributed by atoms with Crippen molar-refractivity contribution in [2.24, 2.45) is 0 Å². The van der Waals surface area contributed by atoms with Gasteiger partial charge in [-0.25, -0.2) is 4.79 Å². The van der Waals surface area contributed by atoms with Crippen molar-refractivity contribution in [2.45, 2.75) is 26.3 Å². The summed E-state index contributed by atoms with van der Waals surface area (Å²) in [5, 5.41) is 11.8. The standard InChI is InChI=1S/C19H21NO4/c1-13-8-9-14(2)17(10-13)24-12-18(21)20-16(19(22)23)11-15-6-4-3-5-7-15/h3-10,16H,11-12H2,1-2H3,(H,20,21)(H,22,23). The number of carboxylic acid groups (broad SMARTS) is 1. The van der Waals surface area contributed by atoms with E-state index in [2.05, 4.69) is 5.32 Å². The summed E-state index contributed by atoms with van der Waals surface area (Å²) in [4.78, 5) is 23.4. The first kappa shape index (κ1) is 17.5. The quantitative estimate of drug-likeness (QED) is 0.819. The van der Waals surface area contributed by atoms with Gasteiger partial charge >= 0.3 is 5.97 Å². The van der Waals surface area contributed by atoms with E-state index in [0.717, 1.165) is 16.7 Å². The van der Waals surface area contributed by atoms with Crippen LogP contribution in [0.15, 0.2) is 48.5 Å². The Morgan fingerprint density at radius 1 is 1.12 bits per heavy atom. The largest absolute Gasteiger partial charge is 0.483 e. The average molecular weight is 327 g/mol. The maximum absolute atomic E-state index is 12.0. The maximum Gasteiger partial charge on any atom is 0.326 e. The molecule has 0 aromatic heterocycles. The van der Waals surface area contributed by atoms with Gasteiger partial charge < -0.3 is 15.2 Å². The lowest BCUT2D eigenvalue weighted by Gasteiger charge is -2.15. The van der Waals surface area contributed by atoms with E-state index in [9.17, 15) is 14.7 Å². The van der Waals surface area contributed by atoms with Gasteiger partial charge in [0.1, 0.15) is 11.8 Å². The van der Waals surface area contributed by atoms with E-state index < -0.39 is 17.9 Å². The van der Waals surface area contributed by atoms with Crippen molar-refractivity contribution >= 4 is 11.9 Å². The zero-order valence-electron chi connectivity index (χ0n) is 13.8. The third-order valence-electron chi connectivity index (χ3n) is 3.62. The van der Waals surface area contributed by atoms with E-state index in [1.807, 2.05) is 62.4 Å². The van der Waals surface area contributed by atoms with Gasteiger partial charge in [0, 0.05) is 6.42 Å². The van der Waals surface area contributed by atoms with E-state index in [-0.39, 0.29) is 13.0 Å². The van der Waals surface area contributed by atoms with Gasteiger partial charge in [-0.05, 0) is 36.6 Å². The lowest BCUT2D eigenvalue weighted by atomic mass is 10.1. The number of aryl methyl sites for hydroxylation is 2. The fraction of sp³-hybridized carbons (Fsp3) is 0.263. The summed E-state index contributed by atoms with van der Waals surface area (Å²) >= 11 is 0.